The van der Waals surface area contributed by atoms with Crippen molar-refractivity contribution in [3.05, 3.63) is 48.0 Å². The zero-order chi connectivity index (χ0) is 22.9. The number of carbonyl (C=O) groups excluding carboxylic acids is 2. The Balaban J connectivity index is 3.22. The Bertz CT molecular complexity index is 714. The lowest BCUT2D eigenvalue weighted by Gasteiger charge is -2.39. The molecule has 1 rings (SSSR count). The fourth-order valence-electron chi connectivity index (χ4n) is 2.51. The van der Waals surface area contributed by atoms with Crippen molar-refractivity contribution >= 4 is 31.8 Å². The van der Waals surface area contributed by atoms with E-state index in [0.717, 1.165) is 5.56 Å². The van der Waals surface area contributed by atoms with Gasteiger partial charge in [0.05, 0.1) is 19.3 Å². The number of ether oxygens (including phenoxy) is 1. The summed E-state index contributed by atoms with van der Waals surface area (Å²) >= 11 is 6.17. The van der Waals surface area contributed by atoms with Gasteiger partial charge in [0, 0.05) is 12.6 Å². The zero-order valence-corrected chi connectivity index (χ0v) is 21.0. The van der Waals surface area contributed by atoms with Gasteiger partial charge in [-0.1, -0.05) is 57.2 Å². The van der Waals surface area contributed by atoms with Gasteiger partial charge >= 0.3 is 5.97 Å². The number of carbonyl (C=O) groups is 2. The first-order valence-electron chi connectivity index (χ1n) is 10.4. The van der Waals surface area contributed by atoms with Gasteiger partial charge in [0.25, 0.3) is 0 Å². The highest BCUT2D eigenvalue weighted by molar-refractivity contribution is 6.74. The number of esters is 1. The molecule has 0 aliphatic rings. The molecule has 0 saturated heterocycles. The first kappa shape index (κ1) is 26.4. The third-order valence-corrected chi connectivity index (χ3v) is 10.1. The first-order chi connectivity index (χ1) is 13.9. The van der Waals surface area contributed by atoms with E-state index in [1.165, 1.54) is 6.08 Å². The van der Waals surface area contributed by atoms with Crippen molar-refractivity contribution in [1.82, 2.24) is 4.90 Å². The Labute approximate surface area is 187 Å². The first-order valence-corrected chi connectivity index (χ1v) is 13.7. The van der Waals surface area contributed by atoms with Gasteiger partial charge < -0.3 is 14.1 Å². The van der Waals surface area contributed by atoms with Crippen LogP contribution < -0.4 is 0 Å². The van der Waals surface area contributed by atoms with Gasteiger partial charge in [-0.3, -0.25) is 4.79 Å². The highest BCUT2D eigenvalue weighted by Crippen LogP contribution is 2.36. The minimum atomic E-state index is -2.06. The maximum atomic E-state index is 13.0. The molecule has 0 saturated carbocycles. The quantitative estimate of drug-likeness (QED) is 0.213. The largest absolute Gasteiger partial charge is 0.463 e. The second-order valence-electron chi connectivity index (χ2n) is 8.82. The van der Waals surface area contributed by atoms with E-state index in [1.54, 1.807) is 24.8 Å². The maximum Gasteiger partial charge on any atom is 0.330 e. The molecule has 2 unspecified atom stereocenters. The zero-order valence-electron chi connectivity index (χ0n) is 19.3. The van der Waals surface area contributed by atoms with E-state index in [0.29, 0.717) is 13.2 Å². The van der Waals surface area contributed by atoms with Crippen LogP contribution in [0.25, 0.3) is 0 Å². The molecular weight excluding hydrogens is 418 g/mol. The number of amides is 1. The smallest absolute Gasteiger partial charge is 0.330 e. The van der Waals surface area contributed by atoms with Crippen LogP contribution in [0.1, 0.15) is 40.2 Å². The Hall–Kier alpha value is -1.63. The van der Waals surface area contributed by atoms with Crippen molar-refractivity contribution in [2.24, 2.45) is 0 Å². The van der Waals surface area contributed by atoms with Crippen LogP contribution in [0.15, 0.2) is 42.5 Å². The monoisotopic (exact) mass is 453 g/mol. The van der Waals surface area contributed by atoms with Crippen LogP contribution >= 0.6 is 11.6 Å². The molecule has 0 aliphatic carbocycles. The number of rotatable bonds is 10. The summed E-state index contributed by atoms with van der Waals surface area (Å²) in [6.45, 7) is 15.2. The molecule has 0 aliphatic heterocycles. The van der Waals surface area contributed by atoms with E-state index >= 15 is 0 Å². The topological polar surface area (TPSA) is 55.8 Å². The Morgan fingerprint density at radius 1 is 1.20 bits per heavy atom. The van der Waals surface area contributed by atoms with E-state index in [1.807, 2.05) is 30.3 Å². The standard InChI is InChI=1S/C23H36ClNO4Si/c1-8-28-21(26)15-14-20(17-29-30(6,7)23(3,4)5)25(22(27)18(2)24)16-19-12-10-9-11-13-19/h9-15,18,20H,8,16-17H2,1-7H3/b15-14+. The highest BCUT2D eigenvalue weighted by Gasteiger charge is 2.38. The van der Waals surface area contributed by atoms with Gasteiger partial charge in [0.1, 0.15) is 5.38 Å². The summed E-state index contributed by atoms with van der Waals surface area (Å²) in [6.07, 6.45) is 3.05. The van der Waals surface area contributed by atoms with Gasteiger partial charge in [0.2, 0.25) is 5.91 Å². The fraction of sp³-hybridized carbons (Fsp3) is 0.565. The summed E-state index contributed by atoms with van der Waals surface area (Å²) in [5, 5.41) is -0.670. The number of hydrogen-bond acceptors (Lipinski definition) is 4. The van der Waals surface area contributed by atoms with Crippen LogP contribution in [0.3, 0.4) is 0 Å². The van der Waals surface area contributed by atoms with Crippen LogP contribution in [0.2, 0.25) is 18.1 Å². The average Bonchev–Trinajstić information content (AvgIpc) is 2.66. The number of benzene rings is 1. The Morgan fingerprint density at radius 3 is 2.30 bits per heavy atom. The van der Waals surface area contributed by atoms with E-state index in [9.17, 15) is 9.59 Å². The van der Waals surface area contributed by atoms with Gasteiger partial charge in [-0.05, 0) is 37.5 Å². The molecule has 1 amide bonds. The number of hydrogen-bond donors (Lipinski definition) is 0. The molecule has 0 fully saturated rings. The minimum Gasteiger partial charge on any atom is -0.463 e. The van der Waals surface area contributed by atoms with Crippen molar-refractivity contribution in [2.45, 2.75) is 70.7 Å². The van der Waals surface area contributed by atoms with Gasteiger partial charge in [0.15, 0.2) is 8.32 Å². The van der Waals surface area contributed by atoms with E-state index in [2.05, 4.69) is 33.9 Å². The third-order valence-electron chi connectivity index (χ3n) is 5.38. The molecule has 0 heterocycles. The van der Waals surface area contributed by atoms with Crippen LogP contribution in [-0.4, -0.2) is 49.7 Å². The number of nitrogens with zero attached hydrogens (tertiary/aromatic N) is 1. The lowest BCUT2D eigenvalue weighted by atomic mass is 10.1. The molecule has 0 N–H and O–H groups in total. The lowest BCUT2D eigenvalue weighted by molar-refractivity contribution is -0.137. The molecule has 30 heavy (non-hydrogen) atoms. The van der Waals surface area contributed by atoms with Crippen molar-refractivity contribution < 1.29 is 18.8 Å². The maximum absolute atomic E-state index is 13.0. The van der Waals surface area contributed by atoms with E-state index < -0.39 is 25.7 Å². The summed E-state index contributed by atoms with van der Waals surface area (Å²) in [5.41, 5.74) is 0.977. The molecule has 7 heteroatoms. The van der Waals surface area contributed by atoms with Gasteiger partial charge in [-0.2, -0.15) is 0 Å². The number of halogens is 1. The summed E-state index contributed by atoms with van der Waals surface area (Å²) < 4.78 is 11.4. The van der Waals surface area contributed by atoms with Crippen LogP contribution in [0, 0.1) is 0 Å². The van der Waals surface area contributed by atoms with Crippen LogP contribution in [0.5, 0.6) is 0 Å². The molecule has 0 bridgehead atoms. The summed E-state index contributed by atoms with van der Waals surface area (Å²) in [6, 6.07) is 9.26. The van der Waals surface area contributed by atoms with Crippen LogP contribution in [0.4, 0.5) is 0 Å². The lowest BCUT2D eigenvalue weighted by Crippen LogP contribution is -2.48. The predicted octanol–water partition coefficient (Wildman–Crippen LogP) is 5.15. The summed E-state index contributed by atoms with van der Waals surface area (Å²) in [5.74, 6) is -0.654. The van der Waals surface area contributed by atoms with Crippen molar-refractivity contribution in [3.8, 4) is 0 Å². The molecule has 0 radical (unpaired) electrons. The second kappa shape index (κ2) is 11.7. The van der Waals surface area contributed by atoms with Crippen molar-refractivity contribution in [1.29, 1.82) is 0 Å². The average molecular weight is 454 g/mol. The van der Waals surface area contributed by atoms with Gasteiger partial charge in [-0.25, -0.2) is 4.79 Å². The molecule has 168 valence electrons. The molecule has 0 aromatic heterocycles. The highest BCUT2D eigenvalue weighted by atomic mass is 35.5. The Kier molecular flexibility index (Phi) is 10.3. The van der Waals surface area contributed by atoms with Crippen LogP contribution in [-0.2, 0) is 25.3 Å². The fourth-order valence-corrected chi connectivity index (χ4v) is 3.65. The second-order valence-corrected chi connectivity index (χ2v) is 14.3. The van der Waals surface area contributed by atoms with E-state index in [4.69, 9.17) is 20.8 Å². The minimum absolute atomic E-state index is 0.0243. The molecule has 0 spiro atoms. The molecule has 2 atom stereocenters. The molecule has 1 aromatic rings. The normalized spacial score (nSPS) is 14.4. The van der Waals surface area contributed by atoms with Crippen molar-refractivity contribution in [3.63, 3.8) is 0 Å². The molecular formula is C23H36ClNO4Si. The predicted molar refractivity (Wildman–Crippen MR) is 125 cm³/mol. The molecule has 1 aromatic carbocycles. The van der Waals surface area contributed by atoms with Gasteiger partial charge in [-0.15, -0.1) is 11.6 Å². The molecule has 5 nitrogen and oxygen atoms in total. The third kappa shape index (κ3) is 8.24. The van der Waals surface area contributed by atoms with Crippen molar-refractivity contribution in [2.75, 3.05) is 13.2 Å². The summed E-state index contributed by atoms with van der Waals surface area (Å²) in [7, 11) is -2.06. The number of alkyl halides is 1. The SMILES string of the molecule is CCOC(=O)/C=C/C(CO[Si](C)(C)C(C)(C)C)N(Cc1ccccc1)C(=O)C(C)Cl. The summed E-state index contributed by atoms with van der Waals surface area (Å²) in [4.78, 5) is 26.6. The Morgan fingerprint density at radius 2 is 1.80 bits per heavy atom. The van der Waals surface area contributed by atoms with E-state index in [-0.39, 0.29) is 17.6 Å².